The lowest BCUT2D eigenvalue weighted by Crippen LogP contribution is -2.29. The molecule has 2 N–H and O–H groups in total. The summed E-state index contributed by atoms with van der Waals surface area (Å²) in [5, 5.41) is 2.77. The molecule has 0 atom stereocenters. The molecule has 0 unspecified atom stereocenters. The first-order chi connectivity index (χ1) is 11.6. The number of nitrogens with one attached hydrogen (secondary N) is 2. The van der Waals surface area contributed by atoms with E-state index in [1.807, 2.05) is 0 Å². The highest BCUT2D eigenvalue weighted by Gasteiger charge is 2.28. The van der Waals surface area contributed by atoms with Crippen LogP contribution in [0.3, 0.4) is 0 Å². The van der Waals surface area contributed by atoms with Gasteiger partial charge in [0.15, 0.2) is 5.92 Å². The van der Waals surface area contributed by atoms with Crippen molar-refractivity contribution in [1.82, 2.24) is 15.3 Å². The van der Waals surface area contributed by atoms with Gasteiger partial charge in [0.25, 0.3) is 0 Å². The van der Waals surface area contributed by atoms with Crippen LogP contribution in [0.1, 0.15) is 38.9 Å². The van der Waals surface area contributed by atoms with E-state index in [1.54, 1.807) is 26.2 Å². The van der Waals surface area contributed by atoms with Gasteiger partial charge < -0.3 is 19.8 Å². The van der Waals surface area contributed by atoms with E-state index in [9.17, 15) is 14.4 Å². The highest BCUT2D eigenvalue weighted by atomic mass is 16.6. The quantitative estimate of drug-likeness (QED) is 0.353. The maximum Gasteiger partial charge on any atom is 0.320 e. The Kier molecular flexibility index (Phi) is 9.18. The summed E-state index contributed by atoms with van der Waals surface area (Å²) in [6.45, 7) is 4.29. The molecule has 0 saturated heterocycles. The van der Waals surface area contributed by atoms with Crippen LogP contribution in [0, 0.1) is 5.92 Å². The highest BCUT2D eigenvalue weighted by Crippen LogP contribution is 2.13. The van der Waals surface area contributed by atoms with Crippen molar-refractivity contribution in [3.05, 3.63) is 18.2 Å². The molecule has 134 valence electrons. The topological polar surface area (TPSA) is 110 Å². The summed E-state index contributed by atoms with van der Waals surface area (Å²) in [4.78, 5) is 42.1. The van der Waals surface area contributed by atoms with Gasteiger partial charge >= 0.3 is 11.9 Å². The van der Waals surface area contributed by atoms with Crippen molar-refractivity contribution in [3.63, 3.8) is 0 Å². The van der Waals surface area contributed by atoms with Gasteiger partial charge in [0.2, 0.25) is 5.91 Å². The summed E-state index contributed by atoms with van der Waals surface area (Å²) in [6.07, 6.45) is 5.04. The molecule has 0 aliphatic rings. The number of aromatic amines is 1. The SMILES string of the molecule is CCOC(=O)C(CCCCNC(=O)Cc1ncc[nH]1)C(=O)OCC. The van der Waals surface area contributed by atoms with E-state index in [-0.39, 0.29) is 25.5 Å². The van der Waals surface area contributed by atoms with Crippen molar-refractivity contribution in [3.8, 4) is 0 Å². The zero-order valence-corrected chi connectivity index (χ0v) is 14.2. The van der Waals surface area contributed by atoms with Crippen LogP contribution in [-0.4, -0.2) is 47.6 Å². The fraction of sp³-hybridized carbons (Fsp3) is 0.625. The van der Waals surface area contributed by atoms with Crippen molar-refractivity contribution in [2.24, 2.45) is 5.92 Å². The van der Waals surface area contributed by atoms with Crippen molar-refractivity contribution in [2.45, 2.75) is 39.5 Å². The first-order valence-electron chi connectivity index (χ1n) is 8.16. The summed E-state index contributed by atoms with van der Waals surface area (Å²) < 4.78 is 9.81. The van der Waals surface area contributed by atoms with Crippen molar-refractivity contribution >= 4 is 17.8 Å². The third kappa shape index (κ3) is 7.26. The second-order valence-electron chi connectivity index (χ2n) is 5.12. The molecule has 8 nitrogen and oxygen atoms in total. The van der Waals surface area contributed by atoms with E-state index < -0.39 is 17.9 Å². The number of H-pyrrole nitrogens is 1. The van der Waals surface area contributed by atoms with Gasteiger partial charge in [-0.15, -0.1) is 0 Å². The minimum Gasteiger partial charge on any atom is -0.465 e. The molecular formula is C16H25N3O5. The van der Waals surface area contributed by atoms with Crippen LogP contribution < -0.4 is 5.32 Å². The fourth-order valence-electron chi connectivity index (χ4n) is 2.13. The Morgan fingerprint density at radius 2 is 1.83 bits per heavy atom. The molecule has 1 aromatic heterocycles. The first kappa shape index (κ1) is 19.7. The summed E-state index contributed by atoms with van der Waals surface area (Å²) >= 11 is 0. The van der Waals surface area contributed by atoms with Crippen molar-refractivity contribution in [1.29, 1.82) is 0 Å². The van der Waals surface area contributed by atoms with Crippen LogP contribution in [0.2, 0.25) is 0 Å². The highest BCUT2D eigenvalue weighted by molar-refractivity contribution is 5.94. The molecule has 1 aromatic rings. The molecule has 0 aliphatic heterocycles. The summed E-state index contributed by atoms with van der Waals surface area (Å²) in [7, 11) is 0. The lowest BCUT2D eigenvalue weighted by molar-refractivity contribution is -0.162. The molecule has 8 heteroatoms. The lowest BCUT2D eigenvalue weighted by atomic mass is 10.0. The van der Waals surface area contributed by atoms with Crippen LogP contribution in [0.4, 0.5) is 0 Å². The maximum atomic E-state index is 11.8. The number of ether oxygens (including phenoxy) is 2. The molecule has 0 saturated carbocycles. The number of hydrogen-bond acceptors (Lipinski definition) is 6. The van der Waals surface area contributed by atoms with E-state index >= 15 is 0 Å². The average molecular weight is 339 g/mol. The van der Waals surface area contributed by atoms with Gasteiger partial charge in [-0.05, 0) is 26.7 Å². The van der Waals surface area contributed by atoms with E-state index in [1.165, 1.54) is 0 Å². The Morgan fingerprint density at radius 1 is 1.17 bits per heavy atom. The van der Waals surface area contributed by atoms with E-state index in [0.717, 1.165) is 0 Å². The third-order valence-electron chi connectivity index (χ3n) is 3.27. The van der Waals surface area contributed by atoms with Crippen molar-refractivity contribution in [2.75, 3.05) is 19.8 Å². The molecule has 0 spiro atoms. The second kappa shape index (κ2) is 11.2. The Bertz CT molecular complexity index is 498. The van der Waals surface area contributed by atoms with Gasteiger partial charge in [-0.1, -0.05) is 6.42 Å². The van der Waals surface area contributed by atoms with Gasteiger partial charge in [0.05, 0.1) is 19.6 Å². The number of carbonyl (C=O) groups is 3. The van der Waals surface area contributed by atoms with Gasteiger partial charge in [0.1, 0.15) is 5.82 Å². The number of esters is 2. The van der Waals surface area contributed by atoms with E-state index in [4.69, 9.17) is 9.47 Å². The smallest absolute Gasteiger partial charge is 0.320 e. The summed E-state index contributed by atoms with van der Waals surface area (Å²) in [5.74, 6) is -1.53. The maximum absolute atomic E-state index is 11.8. The van der Waals surface area contributed by atoms with Crippen LogP contribution in [0.5, 0.6) is 0 Å². The Labute approximate surface area is 141 Å². The molecule has 0 radical (unpaired) electrons. The van der Waals surface area contributed by atoms with Gasteiger partial charge in [-0.2, -0.15) is 0 Å². The number of unbranched alkanes of at least 4 members (excludes halogenated alkanes) is 1. The molecule has 1 rings (SSSR count). The molecule has 0 aliphatic carbocycles. The first-order valence-corrected chi connectivity index (χ1v) is 8.16. The van der Waals surface area contributed by atoms with Crippen LogP contribution in [-0.2, 0) is 30.3 Å². The minimum absolute atomic E-state index is 0.128. The minimum atomic E-state index is -0.899. The Balaban J connectivity index is 2.27. The lowest BCUT2D eigenvalue weighted by Gasteiger charge is -2.14. The summed E-state index contributed by atoms with van der Waals surface area (Å²) in [5.41, 5.74) is 0. The van der Waals surface area contributed by atoms with Gasteiger partial charge in [0, 0.05) is 18.9 Å². The fourth-order valence-corrected chi connectivity index (χ4v) is 2.13. The van der Waals surface area contributed by atoms with Gasteiger partial charge in [-0.25, -0.2) is 4.98 Å². The number of carbonyl (C=O) groups excluding carboxylic acids is 3. The number of nitrogens with zero attached hydrogens (tertiary/aromatic N) is 1. The Hall–Kier alpha value is -2.38. The van der Waals surface area contributed by atoms with Crippen molar-refractivity contribution < 1.29 is 23.9 Å². The standard InChI is InChI=1S/C16H25N3O5/c1-3-23-15(21)12(16(22)24-4-2)7-5-6-8-19-14(20)11-13-17-9-10-18-13/h9-10,12H,3-8,11H2,1-2H3,(H,17,18)(H,19,20). The predicted molar refractivity (Wildman–Crippen MR) is 85.9 cm³/mol. The largest absolute Gasteiger partial charge is 0.465 e. The number of aromatic nitrogens is 2. The molecule has 0 fully saturated rings. The summed E-state index contributed by atoms with van der Waals surface area (Å²) in [6, 6.07) is 0. The van der Waals surface area contributed by atoms with Crippen LogP contribution in [0.25, 0.3) is 0 Å². The zero-order chi connectivity index (χ0) is 17.8. The average Bonchev–Trinajstić information content (AvgIpc) is 3.04. The molecule has 1 heterocycles. The predicted octanol–water partition coefficient (Wildman–Crippen LogP) is 0.981. The molecule has 0 aromatic carbocycles. The monoisotopic (exact) mass is 339 g/mol. The Morgan fingerprint density at radius 3 is 2.38 bits per heavy atom. The normalized spacial score (nSPS) is 10.5. The second-order valence-corrected chi connectivity index (χ2v) is 5.12. The van der Waals surface area contributed by atoms with E-state index in [2.05, 4.69) is 15.3 Å². The van der Waals surface area contributed by atoms with Gasteiger partial charge in [-0.3, -0.25) is 14.4 Å². The molecular weight excluding hydrogens is 314 g/mol. The molecule has 24 heavy (non-hydrogen) atoms. The number of imidazole rings is 1. The third-order valence-corrected chi connectivity index (χ3v) is 3.27. The molecule has 0 bridgehead atoms. The van der Waals surface area contributed by atoms with E-state index in [0.29, 0.717) is 31.6 Å². The number of rotatable bonds is 11. The van der Waals surface area contributed by atoms with Crippen LogP contribution >= 0.6 is 0 Å². The van der Waals surface area contributed by atoms with Crippen LogP contribution in [0.15, 0.2) is 12.4 Å². The zero-order valence-electron chi connectivity index (χ0n) is 14.2. The number of amides is 1. The molecule has 1 amide bonds. The number of hydrogen-bond donors (Lipinski definition) is 2.